The highest BCUT2D eigenvalue weighted by atomic mass is 32.2. The van der Waals surface area contributed by atoms with Crippen molar-refractivity contribution < 1.29 is 9.59 Å². The first-order chi connectivity index (χ1) is 11.0. The molecule has 23 heavy (non-hydrogen) atoms. The third-order valence-electron chi connectivity index (χ3n) is 3.91. The highest BCUT2D eigenvalue weighted by molar-refractivity contribution is 8.14. The standard InChI is InChI=1S/C16H19N3O2S2/c1-11-4-3-5-13-15(11)17-16(23-13)19-8-6-18(7-9-19)14(21)10-22-12(2)20/h3-5H,6-10H2,1-2H3. The molecule has 0 aliphatic carbocycles. The number of thiazole rings is 1. The number of benzene rings is 1. The van der Waals surface area contributed by atoms with Crippen LogP contribution in [0.3, 0.4) is 0 Å². The van der Waals surface area contributed by atoms with E-state index in [0.717, 1.165) is 35.5 Å². The summed E-state index contributed by atoms with van der Waals surface area (Å²) in [5.74, 6) is 0.292. The summed E-state index contributed by atoms with van der Waals surface area (Å²) < 4.78 is 1.20. The van der Waals surface area contributed by atoms with Gasteiger partial charge in [0.05, 0.1) is 16.0 Å². The molecule has 0 unspecified atom stereocenters. The van der Waals surface area contributed by atoms with Gasteiger partial charge >= 0.3 is 0 Å². The van der Waals surface area contributed by atoms with Gasteiger partial charge in [0, 0.05) is 33.1 Å². The zero-order valence-corrected chi connectivity index (χ0v) is 14.9. The molecule has 1 fully saturated rings. The maximum Gasteiger partial charge on any atom is 0.233 e. The Bertz CT molecular complexity index is 736. The van der Waals surface area contributed by atoms with Gasteiger partial charge in [0.25, 0.3) is 0 Å². The second kappa shape index (κ2) is 6.88. The summed E-state index contributed by atoms with van der Waals surface area (Å²) in [5, 5.41) is 1.02. The lowest BCUT2D eigenvalue weighted by Gasteiger charge is -2.34. The molecule has 3 rings (SSSR count). The monoisotopic (exact) mass is 349 g/mol. The average Bonchev–Trinajstić information content (AvgIpc) is 2.98. The van der Waals surface area contributed by atoms with Gasteiger partial charge in [-0.2, -0.15) is 0 Å². The van der Waals surface area contributed by atoms with Gasteiger partial charge in [-0.25, -0.2) is 4.98 Å². The van der Waals surface area contributed by atoms with Gasteiger partial charge in [0.2, 0.25) is 5.91 Å². The molecule has 2 aromatic rings. The molecule has 122 valence electrons. The third kappa shape index (κ3) is 3.67. The fraction of sp³-hybridized carbons (Fsp3) is 0.438. The molecule has 0 N–H and O–H groups in total. The summed E-state index contributed by atoms with van der Waals surface area (Å²) in [6.07, 6.45) is 0. The Kier molecular flexibility index (Phi) is 4.87. The van der Waals surface area contributed by atoms with E-state index in [-0.39, 0.29) is 16.8 Å². The maximum absolute atomic E-state index is 12.1. The number of piperazine rings is 1. The maximum atomic E-state index is 12.1. The molecule has 1 amide bonds. The molecular formula is C16H19N3O2S2. The summed E-state index contributed by atoms with van der Waals surface area (Å²) in [4.78, 5) is 31.8. The summed E-state index contributed by atoms with van der Waals surface area (Å²) >= 11 is 2.79. The van der Waals surface area contributed by atoms with E-state index in [9.17, 15) is 9.59 Å². The first-order valence-electron chi connectivity index (χ1n) is 7.57. The molecule has 1 aliphatic heterocycles. The van der Waals surface area contributed by atoms with Gasteiger partial charge in [-0.15, -0.1) is 0 Å². The number of hydrogen-bond acceptors (Lipinski definition) is 6. The molecule has 0 spiro atoms. The molecule has 1 aromatic heterocycles. The Labute approximate surface area is 143 Å². The van der Waals surface area contributed by atoms with Crippen LogP contribution in [0.1, 0.15) is 12.5 Å². The van der Waals surface area contributed by atoms with Crippen molar-refractivity contribution in [1.29, 1.82) is 0 Å². The smallest absolute Gasteiger partial charge is 0.233 e. The van der Waals surface area contributed by atoms with E-state index in [2.05, 4.69) is 30.0 Å². The molecule has 5 nitrogen and oxygen atoms in total. The Balaban J connectivity index is 1.63. The van der Waals surface area contributed by atoms with Crippen LogP contribution in [0.15, 0.2) is 18.2 Å². The van der Waals surface area contributed by atoms with Crippen LogP contribution in [0.25, 0.3) is 10.2 Å². The highest BCUT2D eigenvalue weighted by Gasteiger charge is 2.23. The molecule has 0 saturated carbocycles. The summed E-state index contributed by atoms with van der Waals surface area (Å²) in [7, 11) is 0. The second-order valence-corrected chi connectivity index (χ2v) is 7.73. The second-order valence-electron chi connectivity index (χ2n) is 5.57. The van der Waals surface area contributed by atoms with Crippen molar-refractivity contribution in [3.8, 4) is 0 Å². The van der Waals surface area contributed by atoms with Crippen LogP contribution in [-0.4, -0.2) is 52.8 Å². The average molecular weight is 349 g/mol. The molecule has 2 heterocycles. The van der Waals surface area contributed by atoms with Gasteiger partial charge in [0.15, 0.2) is 10.2 Å². The third-order valence-corrected chi connectivity index (χ3v) is 5.79. The van der Waals surface area contributed by atoms with Gasteiger partial charge in [-0.05, 0) is 18.6 Å². The van der Waals surface area contributed by atoms with E-state index in [1.54, 1.807) is 11.3 Å². The van der Waals surface area contributed by atoms with E-state index >= 15 is 0 Å². The molecule has 0 radical (unpaired) electrons. The van der Waals surface area contributed by atoms with Crippen molar-refractivity contribution in [2.24, 2.45) is 0 Å². The molecular weight excluding hydrogens is 330 g/mol. The van der Waals surface area contributed by atoms with Crippen molar-refractivity contribution >= 4 is 49.5 Å². The van der Waals surface area contributed by atoms with Gasteiger partial charge in [-0.3, -0.25) is 9.59 Å². The fourth-order valence-corrected chi connectivity index (χ4v) is 4.22. The number of rotatable bonds is 3. The molecule has 0 bridgehead atoms. The van der Waals surface area contributed by atoms with E-state index in [4.69, 9.17) is 4.98 Å². The predicted molar refractivity (Wildman–Crippen MR) is 96.3 cm³/mol. The summed E-state index contributed by atoms with van der Waals surface area (Å²) in [5.41, 5.74) is 2.27. The molecule has 1 aromatic carbocycles. The Morgan fingerprint density at radius 2 is 2.00 bits per heavy atom. The minimum Gasteiger partial charge on any atom is -0.345 e. The van der Waals surface area contributed by atoms with E-state index in [1.165, 1.54) is 17.2 Å². The van der Waals surface area contributed by atoms with Crippen LogP contribution in [0, 0.1) is 6.92 Å². The first-order valence-corrected chi connectivity index (χ1v) is 9.37. The lowest BCUT2D eigenvalue weighted by atomic mass is 10.2. The van der Waals surface area contributed by atoms with Crippen LogP contribution in [0.4, 0.5) is 5.13 Å². The van der Waals surface area contributed by atoms with Crippen LogP contribution < -0.4 is 4.90 Å². The molecule has 0 atom stereocenters. The lowest BCUT2D eigenvalue weighted by Crippen LogP contribution is -2.49. The van der Waals surface area contributed by atoms with Gasteiger partial charge in [-0.1, -0.05) is 35.2 Å². The van der Waals surface area contributed by atoms with Crippen LogP contribution >= 0.6 is 23.1 Å². The number of hydrogen-bond donors (Lipinski definition) is 0. The number of fused-ring (bicyclic) bond motifs is 1. The normalized spacial score (nSPS) is 15.2. The number of aryl methyl sites for hydroxylation is 1. The molecule has 7 heteroatoms. The van der Waals surface area contributed by atoms with Crippen molar-refractivity contribution in [2.45, 2.75) is 13.8 Å². The predicted octanol–water partition coefficient (Wildman–Crippen LogP) is 2.53. The Morgan fingerprint density at radius 1 is 1.26 bits per heavy atom. The number of aromatic nitrogens is 1. The topological polar surface area (TPSA) is 53.5 Å². The summed E-state index contributed by atoms with van der Waals surface area (Å²) in [6, 6.07) is 6.24. The van der Waals surface area contributed by atoms with Crippen LogP contribution in [-0.2, 0) is 9.59 Å². The highest BCUT2D eigenvalue weighted by Crippen LogP contribution is 2.31. The largest absolute Gasteiger partial charge is 0.345 e. The number of carbonyl (C=O) groups excluding carboxylic acids is 2. The van der Waals surface area contributed by atoms with Crippen molar-refractivity contribution in [2.75, 3.05) is 36.8 Å². The quantitative estimate of drug-likeness (QED) is 0.852. The minimum atomic E-state index is -0.0122. The van der Waals surface area contributed by atoms with Gasteiger partial charge in [0.1, 0.15) is 0 Å². The van der Waals surface area contributed by atoms with Crippen molar-refractivity contribution in [3.05, 3.63) is 23.8 Å². The number of nitrogens with zero attached hydrogens (tertiary/aromatic N) is 3. The lowest BCUT2D eigenvalue weighted by molar-refractivity contribution is -0.128. The summed E-state index contributed by atoms with van der Waals surface area (Å²) in [6.45, 7) is 6.52. The number of amides is 1. The van der Waals surface area contributed by atoms with Crippen molar-refractivity contribution in [3.63, 3.8) is 0 Å². The van der Waals surface area contributed by atoms with Gasteiger partial charge < -0.3 is 9.80 Å². The first kappa shape index (κ1) is 16.3. The Morgan fingerprint density at radius 3 is 2.65 bits per heavy atom. The molecule has 1 aliphatic rings. The van der Waals surface area contributed by atoms with E-state index in [0.29, 0.717) is 13.1 Å². The van der Waals surface area contributed by atoms with Crippen LogP contribution in [0.2, 0.25) is 0 Å². The minimum absolute atomic E-state index is 0.0122. The van der Waals surface area contributed by atoms with Crippen molar-refractivity contribution in [1.82, 2.24) is 9.88 Å². The van der Waals surface area contributed by atoms with E-state index in [1.807, 2.05) is 4.90 Å². The fourth-order valence-electron chi connectivity index (χ4n) is 2.61. The van der Waals surface area contributed by atoms with E-state index < -0.39 is 0 Å². The zero-order chi connectivity index (χ0) is 16.4. The number of anilines is 1. The number of thioether (sulfide) groups is 1. The number of para-hydroxylation sites is 1. The Hall–Kier alpha value is -1.60. The molecule has 1 saturated heterocycles. The number of carbonyl (C=O) groups is 2. The SMILES string of the molecule is CC(=O)SCC(=O)N1CCN(c2nc3c(C)cccc3s2)CC1. The zero-order valence-electron chi connectivity index (χ0n) is 13.2. The van der Waals surface area contributed by atoms with Crippen LogP contribution in [0.5, 0.6) is 0 Å².